The second kappa shape index (κ2) is 5.87. The Hall–Kier alpha value is -1.55. The van der Waals surface area contributed by atoms with Crippen molar-refractivity contribution in [2.75, 3.05) is 14.2 Å². The lowest BCUT2D eigenvalue weighted by molar-refractivity contribution is -0.138. The molecular weight excluding hydrogens is 230 g/mol. The molecule has 1 amide bonds. The number of ether oxygens (including phenoxy) is 1. The maximum atomic E-state index is 11.7. The molecule has 0 fully saturated rings. The second-order valence-corrected chi connectivity index (χ2v) is 4.64. The van der Waals surface area contributed by atoms with Gasteiger partial charge in [0.25, 0.3) is 5.91 Å². The molecule has 0 heterocycles. The molecule has 1 aromatic rings. The van der Waals surface area contributed by atoms with Crippen LogP contribution < -0.4 is 4.74 Å². The number of aryl methyl sites for hydroxylation is 2. The molecule has 0 spiro atoms. The molecule has 18 heavy (non-hydrogen) atoms. The molecule has 0 aliphatic rings. The van der Waals surface area contributed by atoms with Gasteiger partial charge in [-0.05, 0) is 26.3 Å². The van der Waals surface area contributed by atoms with Crippen molar-refractivity contribution in [3.63, 3.8) is 0 Å². The third kappa shape index (κ3) is 3.23. The van der Waals surface area contributed by atoms with Crippen molar-refractivity contribution in [3.8, 4) is 5.75 Å². The van der Waals surface area contributed by atoms with Crippen LogP contribution in [0.4, 0.5) is 0 Å². The van der Waals surface area contributed by atoms with Crippen LogP contribution in [0, 0.1) is 13.8 Å². The molecule has 0 aliphatic carbocycles. The van der Waals surface area contributed by atoms with Crippen molar-refractivity contribution in [1.29, 1.82) is 0 Å². The highest BCUT2D eigenvalue weighted by Crippen LogP contribution is 2.26. The van der Waals surface area contributed by atoms with E-state index in [4.69, 9.17) is 4.74 Å². The Kier molecular flexibility index (Phi) is 4.73. The Bertz CT molecular complexity index is 441. The molecule has 4 heteroatoms. The molecule has 0 saturated heterocycles. The lowest BCUT2D eigenvalue weighted by atomic mass is 10.0. The SMILES string of the molecule is COc1c(C)cc(C)cc1CN(C)C(=O)C(C)O. The predicted octanol–water partition coefficient (Wildman–Crippen LogP) is 1.65. The van der Waals surface area contributed by atoms with E-state index in [2.05, 4.69) is 0 Å². The predicted molar refractivity (Wildman–Crippen MR) is 70.6 cm³/mol. The molecule has 0 saturated carbocycles. The van der Waals surface area contributed by atoms with Crippen LogP contribution in [-0.4, -0.2) is 36.2 Å². The quantitative estimate of drug-likeness (QED) is 0.885. The Morgan fingerprint density at radius 3 is 2.56 bits per heavy atom. The van der Waals surface area contributed by atoms with E-state index >= 15 is 0 Å². The normalized spacial score (nSPS) is 12.1. The van der Waals surface area contributed by atoms with E-state index in [0.29, 0.717) is 6.54 Å². The van der Waals surface area contributed by atoms with Gasteiger partial charge in [-0.3, -0.25) is 4.79 Å². The Labute approximate surface area is 108 Å². The number of amides is 1. The van der Waals surface area contributed by atoms with Crippen molar-refractivity contribution < 1.29 is 14.6 Å². The van der Waals surface area contributed by atoms with Gasteiger partial charge in [0.2, 0.25) is 0 Å². The maximum Gasteiger partial charge on any atom is 0.251 e. The first-order valence-electron chi connectivity index (χ1n) is 5.94. The van der Waals surface area contributed by atoms with E-state index in [1.165, 1.54) is 11.8 Å². The zero-order valence-electron chi connectivity index (χ0n) is 11.7. The van der Waals surface area contributed by atoms with E-state index in [1.54, 1.807) is 14.2 Å². The van der Waals surface area contributed by atoms with Crippen molar-refractivity contribution in [1.82, 2.24) is 4.90 Å². The largest absolute Gasteiger partial charge is 0.496 e. The summed E-state index contributed by atoms with van der Waals surface area (Å²) in [4.78, 5) is 13.2. The number of carbonyl (C=O) groups excluding carboxylic acids is 1. The molecule has 1 rings (SSSR count). The molecule has 1 N–H and O–H groups in total. The van der Waals surface area contributed by atoms with Gasteiger partial charge in [0.1, 0.15) is 11.9 Å². The van der Waals surface area contributed by atoms with Crippen molar-refractivity contribution >= 4 is 5.91 Å². The average Bonchev–Trinajstić information content (AvgIpc) is 2.27. The third-order valence-corrected chi connectivity index (χ3v) is 2.84. The van der Waals surface area contributed by atoms with E-state index < -0.39 is 6.10 Å². The lowest BCUT2D eigenvalue weighted by Gasteiger charge is -2.21. The summed E-state index contributed by atoms with van der Waals surface area (Å²) >= 11 is 0. The molecule has 4 nitrogen and oxygen atoms in total. The smallest absolute Gasteiger partial charge is 0.251 e. The molecule has 0 bridgehead atoms. The Balaban J connectivity index is 3.00. The molecule has 1 atom stereocenters. The standard InChI is InChI=1S/C14H21NO3/c1-9-6-10(2)13(18-5)12(7-9)8-15(4)14(17)11(3)16/h6-7,11,16H,8H2,1-5H3. The van der Waals surface area contributed by atoms with Crippen LogP contribution in [0.25, 0.3) is 0 Å². The van der Waals surface area contributed by atoms with Crippen molar-refractivity contribution in [3.05, 3.63) is 28.8 Å². The summed E-state index contributed by atoms with van der Waals surface area (Å²) in [5.74, 6) is 0.502. The Morgan fingerprint density at radius 1 is 1.44 bits per heavy atom. The highest BCUT2D eigenvalue weighted by molar-refractivity contribution is 5.80. The molecule has 1 unspecified atom stereocenters. The van der Waals surface area contributed by atoms with Crippen LogP contribution in [0.15, 0.2) is 12.1 Å². The number of benzene rings is 1. The average molecular weight is 251 g/mol. The summed E-state index contributed by atoms with van der Waals surface area (Å²) in [5.41, 5.74) is 3.12. The summed E-state index contributed by atoms with van der Waals surface area (Å²) < 4.78 is 5.37. The maximum absolute atomic E-state index is 11.7. The highest BCUT2D eigenvalue weighted by atomic mass is 16.5. The number of methoxy groups -OCH3 is 1. The summed E-state index contributed by atoms with van der Waals surface area (Å²) in [6, 6.07) is 4.04. The number of likely N-dealkylation sites (N-methyl/N-ethyl adjacent to an activating group) is 1. The molecular formula is C14H21NO3. The van der Waals surface area contributed by atoms with E-state index in [-0.39, 0.29) is 5.91 Å². The number of hydrogen-bond donors (Lipinski definition) is 1. The van der Waals surface area contributed by atoms with Gasteiger partial charge in [-0.2, -0.15) is 0 Å². The topological polar surface area (TPSA) is 49.8 Å². The zero-order valence-corrected chi connectivity index (χ0v) is 11.7. The summed E-state index contributed by atoms with van der Waals surface area (Å²) in [6.45, 7) is 5.88. The lowest BCUT2D eigenvalue weighted by Crippen LogP contribution is -2.34. The van der Waals surface area contributed by atoms with Crippen LogP contribution in [0.2, 0.25) is 0 Å². The minimum atomic E-state index is -0.980. The van der Waals surface area contributed by atoms with Crippen molar-refractivity contribution in [2.24, 2.45) is 0 Å². The van der Waals surface area contributed by atoms with Crippen LogP contribution in [0.3, 0.4) is 0 Å². The fourth-order valence-corrected chi connectivity index (χ4v) is 2.10. The summed E-state index contributed by atoms with van der Waals surface area (Å²) in [5, 5.41) is 9.28. The molecule has 0 aliphatic heterocycles. The number of aliphatic hydroxyl groups excluding tert-OH is 1. The van der Waals surface area contributed by atoms with Gasteiger partial charge >= 0.3 is 0 Å². The second-order valence-electron chi connectivity index (χ2n) is 4.64. The monoisotopic (exact) mass is 251 g/mol. The van der Waals surface area contributed by atoms with E-state index in [0.717, 1.165) is 22.4 Å². The number of hydrogen-bond acceptors (Lipinski definition) is 3. The van der Waals surface area contributed by atoms with Gasteiger partial charge in [0.05, 0.1) is 7.11 Å². The van der Waals surface area contributed by atoms with Crippen LogP contribution >= 0.6 is 0 Å². The van der Waals surface area contributed by atoms with Gasteiger partial charge in [-0.1, -0.05) is 17.7 Å². The number of nitrogens with zero attached hydrogens (tertiary/aromatic N) is 1. The van der Waals surface area contributed by atoms with Crippen LogP contribution in [0.5, 0.6) is 5.75 Å². The number of carbonyl (C=O) groups is 1. The molecule has 100 valence electrons. The van der Waals surface area contributed by atoms with E-state index in [9.17, 15) is 9.90 Å². The zero-order chi connectivity index (χ0) is 13.9. The minimum Gasteiger partial charge on any atom is -0.496 e. The van der Waals surface area contributed by atoms with E-state index in [1.807, 2.05) is 26.0 Å². The highest BCUT2D eigenvalue weighted by Gasteiger charge is 2.17. The van der Waals surface area contributed by atoms with Gasteiger partial charge in [-0.25, -0.2) is 0 Å². The summed E-state index contributed by atoms with van der Waals surface area (Å²) in [7, 11) is 3.30. The van der Waals surface area contributed by atoms with Crippen molar-refractivity contribution in [2.45, 2.75) is 33.4 Å². The first kappa shape index (κ1) is 14.5. The fraction of sp³-hybridized carbons (Fsp3) is 0.500. The van der Waals surface area contributed by atoms with Crippen LogP contribution in [0.1, 0.15) is 23.6 Å². The molecule has 1 aromatic carbocycles. The van der Waals surface area contributed by atoms with Gasteiger partial charge in [0.15, 0.2) is 0 Å². The third-order valence-electron chi connectivity index (χ3n) is 2.84. The van der Waals surface area contributed by atoms with Gasteiger partial charge in [0, 0.05) is 19.2 Å². The minimum absolute atomic E-state index is 0.295. The number of aliphatic hydroxyl groups is 1. The Morgan fingerprint density at radius 2 is 2.06 bits per heavy atom. The number of rotatable bonds is 4. The van der Waals surface area contributed by atoms with Gasteiger partial charge < -0.3 is 14.7 Å². The molecule has 0 radical (unpaired) electrons. The molecule has 0 aromatic heterocycles. The fourth-order valence-electron chi connectivity index (χ4n) is 2.10. The summed E-state index contributed by atoms with van der Waals surface area (Å²) in [6.07, 6.45) is -0.980. The first-order valence-corrected chi connectivity index (χ1v) is 5.94. The van der Waals surface area contributed by atoms with Gasteiger partial charge in [-0.15, -0.1) is 0 Å². The van der Waals surface area contributed by atoms with Crippen LogP contribution in [-0.2, 0) is 11.3 Å². The first-order chi connectivity index (χ1) is 8.36.